The average molecular weight is 400 g/mol. The molecule has 0 amide bonds. The van der Waals surface area contributed by atoms with E-state index >= 15 is 0 Å². The molecule has 7 heteroatoms. The van der Waals surface area contributed by atoms with Gasteiger partial charge in [0.2, 0.25) is 0 Å². The smallest absolute Gasteiger partial charge is 0.172 e. The molecule has 1 saturated heterocycles. The zero-order valence-corrected chi connectivity index (χ0v) is 16.3. The van der Waals surface area contributed by atoms with Crippen molar-refractivity contribution in [2.45, 2.75) is 25.0 Å². The molecule has 2 aliphatic rings. The number of nitrogens with zero attached hydrogens (tertiary/aromatic N) is 4. The zero-order chi connectivity index (χ0) is 20.1. The van der Waals surface area contributed by atoms with Crippen molar-refractivity contribution in [3.05, 3.63) is 66.2 Å². The highest BCUT2D eigenvalue weighted by Crippen LogP contribution is 2.39. The zero-order valence-electron chi connectivity index (χ0n) is 16.3. The van der Waals surface area contributed by atoms with Gasteiger partial charge in [-0.25, -0.2) is 9.50 Å². The van der Waals surface area contributed by atoms with Gasteiger partial charge in [-0.3, -0.25) is 4.98 Å². The van der Waals surface area contributed by atoms with Crippen LogP contribution in [0.15, 0.2) is 55.0 Å². The van der Waals surface area contributed by atoms with Gasteiger partial charge in [-0.15, -0.1) is 0 Å². The van der Waals surface area contributed by atoms with Gasteiger partial charge in [0.15, 0.2) is 11.4 Å². The van der Waals surface area contributed by atoms with Crippen molar-refractivity contribution >= 4 is 5.65 Å². The number of aromatic hydroxyl groups is 1. The summed E-state index contributed by atoms with van der Waals surface area (Å²) in [7, 11) is 0. The van der Waals surface area contributed by atoms with Gasteiger partial charge in [0, 0.05) is 42.7 Å². The van der Waals surface area contributed by atoms with Crippen LogP contribution in [0.3, 0.4) is 0 Å². The van der Waals surface area contributed by atoms with Crippen molar-refractivity contribution in [2.75, 3.05) is 13.2 Å². The number of ether oxygens (including phenoxy) is 2. The largest absolute Gasteiger partial charge is 0.508 e. The van der Waals surface area contributed by atoms with Crippen molar-refractivity contribution in [1.29, 1.82) is 0 Å². The van der Waals surface area contributed by atoms with Gasteiger partial charge in [-0.05, 0) is 41.8 Å². The van der Waals surface area contributed by atoms with Gasteiger partial charge in [-0.2, -0.15) is 5.10 Å². The number of hydrogen-bond donors (Lipinski definition) is 1. The number of hydrogen-bond acceptors (Lipinski definition) is 6. The molecule has 4 aromatic rings. The lowest BCUT2D eigenvalue weighted by molar-refractivity contribution is -0.164. The minimum atomic E-state index is -0.516. The van der Waals surface area contributed by atoms with E-state index in [9.17, 15) is 5.11 Å². The molecule has 1 fully saturated rings. The van der Waals surface area contributed by atoms with Crippen LogP contribution in [0.25, 0.3) is 28.0 Å². The maximum atomic E-state index is 10.1. The van der Waals surface area contributed by atoms with Gasteiger partial charge < -0.3 is 14.6 Å². The summed E-state index contributed by atoms with van der Waals surface area (Å²) in [5.41, 5.74) is 6.55. The fraction of sp³-hybridized carbons (Fsp3) is 0.261. The Labute approximate surface area is 172 Å². The molecule has 7 nitrogen and oxygen atoms in total. The highest BCUT2D eigenvalue weighted by atomic mass is 16.7. The lowest BCUT2D eigenvalue weighted by Gasteiger charge is -2.32. The van der Waals surface area contributed by atoms with E-state index in [0.717, 1.165) is 52.1 Å². The number of fused-ring (bicyclic) bond motifs is 3. The SMILES string of the molecule is Oc1cccc(-c2c(-c3ccncc3)nn3c4c(cnc23)CC2(CC4)OCCO2)c1. The predicted molar refractivity (Wildman–Crippen MR) is 110 cm³/mol. The van der Waals surface area contributed by atoms with Crippen molar-refractivity contribution in [3.8, 4) is 28.1 Å². The number of benzene rings is 1. The number of phenolic OH excluding ortho intramolecular Hbond substituents is 1. The van der Waals surface area contributed by atoms with Crippen molar-refractivity contribution in [3.63, 3.8) is 0 Å². The fourth-order valence-corrected chi connectivity index (χ4v) is 4.55. The summed E-state index contributed by atoms with van der Waals surface area (Å²) in [6, 6.07) is 11.1. The van der Waals surface area contributed by atoms with Crippen LogP contribution >= 0.6 is 0 Å². The number of rotatable bonds is 2. The molecule has 0 atom stereocenters. The molecule has 4 heterocycles. The third-order valence-corrected chi connectivity index (χ3v) is 5.93. The highest BCUT2D eigenvalue weighted by Gasteiger charge is 2.41. The Kier molecular flexibility index (Phi) is 3.87. The molecule has 1 aliphatic carbocycles. The van der Waals surface area contributed by atoms with Gasteiger partial charge in [0.05, 0.1) is 18.8 Å². The molecule has 6 rings (SSSR count). The van der Waals surface area contributed by atoms with Crippen LogP contribution in [-0.2, 0) is 22.3 Å². The maximum absolute atomic E-state index is 10.1. The van der Waals surface area contributed by atoms with Crippen molar-refractivity contribution < 1.29 is 14.6 Å². The second kappa shape index (κ2) is 6.62. The van der Waals surface area contributed by atoms with E-state index in [4.69, 9.17) is 19.6 Å². The number of phenols is 1. The summed E-state index contributed by atoms with van der Waals surface area (Å²) in [4.78, 5) is 8.93. The first-order valence-corrected chi connectivity index (χ1v) is 10.1. The molecule has 150 valence electrons. The van der Waals surface area contributed by atoms with Gasteiger partial charge in [0.25, 0.3) is 0 Å². The second-order valence-electron chi connectivity index (χ2n) is 7.76. The quantitative estimate of drug-likeness (QED) is 0.555. The molecule has 1 aliphatic heterocycles. The van der Waals surface area contributed by atoms with E-state index in [1.165, 1.54) is 0 Å². The standard InChI is InChI=1S/C23H20N4O3/c28-18-3-1-2-16(12-18)20-21(15-5-8-24-9-6-15)26-27-19-4-7-23(29-10-11-30-23)13-17(19)14-25-22(20)27/h1-3,5-6,8-9,12,14,28H,4,7,10-11,13H2. The lowest BCUT2D eigenvalue weighted by atomic mass is 9.91. The van der Waals surface area contributed by atoms with Gasteiger partial charge in [0.1, 0.15) is 11.4 Å². The van der Waals surface area contributed by atoms with Crippen LogP contribution in [0.4, 0.5) is 0 Å². The van der Waals surface area contributed by atoms with Crippen LogP contribution < -0.4 is 0 Å². The summed E-state index contributed by atoms with van der Waals surface area (Å²) in [5.74, 6) is -0.305. The van der Waals surface area contributed by atoms with E-state index in [1.54, 1.807) is 24.5 Å². The maximum Gasteiger partial charge on any atom is 0.172 e. The first-order valence-electron chi connectivity index (χ1n) is 10.1. The summed E-state index contributed by atoms with van der Waals surface area (Å²) in [6.45, 7) is 1.28. The molecular weight excluding hydrogens is 380 g/mol. The third-order valence-electron chi connectivity index (χ3n) is 5.93. The summed E-state index contributed by atoms with van der Waals surface area (Å²) in [5, 5.41) is 15.1. The van der Waals surface area contributed by atoms with E-state index < -0.39 is 5.79 Å². The monoisotopic (exact) mass is 400 g/mol. The van der Waals surface area contributed by atoms with E-state index in [-0.39, 0.29) is 5.75 Å². The Morgan fingerprint density at radius 2 is 1.87 bits per heavy atom. The first-order chi connectivity index (χ1) is 14.7. The second-order valence-corrected chi connectivity index (χ2v) is 7.76. The normalized spacial score (nSPS) is 17.5. The molecule has 3 aromatic heterocycles. The lowest BCUT2D eigenvalue weighted by Crippen LogP contribution is -2.37. The Morgan fingerprint density at radius 3 is 2.67 bits per heavy atom. The average Bonchev–Trinajstić information content (AvgIpc) is 3.39. The minimum Gasteiger partial charge on any atom is -0.508 e. The highest BCUT2D eigenvalue weighted by molar-refractivity contribution is 5.90. The molecule has 0 unspecified atom stereocenters. The van der Waals surface area contributed by atoms with E-state index in [1.807, 2.05) is 35.0 Å². The first kappa shape index (κ1) is 17.6. The van der Waals surface area contributed by atoms with E-state index in [2.05, 4.69) is 4.98 Å². The fourth-order valence-electron chi connectivity index (χ4n) is 4.55. The van der Waals surface area contributed by atoms with Crippen LogP contribution in [0.2, 0.25) is 0 Å². The van der Waals surface area contributed by atoms with Gasteiger partial charge >= 0.3 is 0 Å². The van der Waals surface area contributed by atoms with Crippen molar-refractivity contribution in [1.82, 2.24) is 19.6 Å². The number of aryl methyl sites for hydroxylation is 1. The molecule has 1 N–H and O–H groups in total. The van der Waals surface area contributed by atoms with Gasteiger partial charge in [-0.1, -0.05) is 12.1 Å². The van der Waals surface area contributed by atoms with Crippen molar-refractivity contribution in [2.24, 2.45) is 0 Å². The Hall–Kier alpha value is -3.29. The molecule has 30 heavy (non-hydrogen) atoms. The summed E-state index contributed by atoms with van der Waals surface area (Å²) < 4.78 is 13.8. The molecule has 0 saturated carbocycles. The number of aromatic nitrogens is 4. The Bertz CT molecular complexity index is 1250. The van der Waals surface area contributed by atoms with Crippen LogP contribution in [0.5, 0.6) is 5.75 Å². The van der Waals surface area contributed by atoms with Crippen LogP contribution in [0, 0.1) is 0 Å². The topological polar surface area (TPSA) is 81.8 Å². The predicted octanol–water partition coefficient (Wildman–Crippen LogP) is 3.40. The molecule has 1 spiro atoms. The van der Waals surface area contributed by atoms with Crippen LogP contribution in [-0.4, -0.2) is 43.7 Å². The Balaban J connectivity index is 1.58. The van der Waals surface area contributed by atoms with E-state index in [0.29, 0.717) is 19.6 Å². The molecule has 0 radical (unpaired) electrons. The summed E-state index contributed by atoms with van der Waals surface area (Å²) in [6.07, 6.45) is 7.70. The molecular formula is C23H20N4O3. The molecule has 0 bridgehead atoms. The van der Waals surface area contributed by atoms with Crippen LogP contribution in [0.1, 0.15) is 17.7 Å². The third kappa shape index (κ3) is 2.70. The number of pyridine rings is 1. The minimum absolute atomic E-state index is 0.211. The summed E-state index contributed by atoms with van der Waals surface area (Å²) >= 11 is 0. The molecule has 1 aromatic carbocycles. The Morgan fingerprint density at radius 1 is 1.03 bits per heavy atom.